The molecule has 0 unspecified atom stereocenters. The fourth-order valence-electron chi connectivity index (χ4n) is 2.85. The Morgan fingerprint density at radius 2 is 1.82 bits per heavy atom. The Labute approximate surface area is 100 Å². The molecule has 0 aliphatic heterocycles. The Balaban J connectivity index is 1.97. The number of aliphatic hydroxyl groups is 1. The highest BCUT2D eigenvalue weighted by Gasteiger charge is 2.43. The Bertz CT molecular complexity index is 319. The van der Waals surface area contributed by atoms with Crippen molar-refractivity contribution >= 4 is 11.9 Å². The van der Waals surface area contributed by atoms with E-state index in [-0.39, 0.29) is 12.5 Å². The van der Waals surface area contributed by atoms with Crippen LogP contribution in [0.4, 0.5) is 0 Å². The SMILES string of the molecule is O=C(O)[C@H]1CCC[C@H]1C(=O)NC1(CO)CCC1. The van der Waals surface area contributed by atoms with E-state index in [1.165, 1.54) is 0 Å². The quantitative estimate of drug-likeness (QED) is 0.669. The maximum atomic E-state index is 12.0. The number of carboxylic acid groups (broad SMARTS) is 1. The van der Waals surface area contributed by atoms with Gasteiger partial charge in [0.1, 0.15) is 0 Å². The van der Waals surface area contributed by atoms with Crippen LogP contribution in [-0.2, 0) is 9.59 Å². The molecule has 17 heavy (non-hydrogen) atoms. The van der Waals surface area contributed by atoms with Gasteiger partial charge in [-0.25, -0.2) is 0 Å². The molecule has 5 nitrogen and oxygen atoms in total. The highest BCUT2D eigenvalue weighted by atomic mass is 16.4. The molecule has 2 rings (SSSR count). The molecule has 2 saturated carbocycles. The first-order valence-corrected chi connectivity index (χ1v) is 6.24. The van der Waals surface area contributed by atoms with E-state index >= 15 is 0 Å². The third kappa shape index (κ3) is 2.29. The van der Waals surface area contributed by atoms with Gasteiger partial charge in [0.05, 0.1) is 24.0 Å². The number of amides is 1. The zero-order valence-corrected chi connectivity index (χ0v) is 9.82. The maximum Gasteiger partial charge on any atom is 0.307 e. The Morgan fingerprint density at radius 1 is 1.18 bits per heavy atom. The first-order chi connectivity index (χ1) is 8.08. The van der Waals surface area contributed by atoms with Crippen LogP contribution in [0.1, 0.15) is 38.5 Å². The summed E-state index contributed by atoms with van der Waals surface area (Å²) in [6, 6.07) is 0. The van der Waals surface area contributed by atoms with Gasteiger partial charge in [0, 0.05) is 0 Å². The smallest absolute Gasteiger partial charge is 0.307 e. The fraction of sp³-hybridized carbons (Fsp3) is 0.833. The summed E-state index contributed by atoms with van der Waals surface area (Å²) in [6.07, 6.45) is 4.61. The second-order valence-electron chi connectivity index (χ2n) is 5.26. The summed E-state index contributed by atoms with van der Waals surface area (Å²) in [5.74, 6) is -2.04. The molecular weight excluding hydrogens is 222 g/mol. The number of nitrogens with one attached hydrogen (secondary N) is 1. The minimum atomic E-state index is -0.880. The molecular formula is C12H19NO4. The number of hydrogen-bond donors (Lipinski definition) is 3. The molecule has 0 aromatic heterocycles. The van der Waals surface area contributed by atoms with Crippen molar-refractivity contribution in [1.82, 2.24) is 5.32 Å². The normalized spacial score (nSPS) is 30.6. The Morgan fingerprint density at radius 3 is 2.29 bits per heavy atom. The lowest BCUT2D eigenvalue weighted by Crippen LogP contribution is -2.57. The highest BCUT2D eigenvalue weighted by Crippen LogP contribution is 2.35. The van der Waals surface area contributed by atoms with E-state index in [1.54, 1.807) is 0 Å². The largest absolute Gasteiger partial charge is 0.481 e. The van der Waals surface area contributed by atoms with Gasteiger partial charge in [-0.1, -0.05) is 6.42 Å². The van der Waals surface area contributed by atoms with Crippen molar-refractivity contribution in [3.63, 3.8) is 0 Å². The lowest BCUT2D eigenvalue weighted by atomic mass is 9.77. The fourth-order valence-corrected chi connectivity index (χ4v) is 2.85. The zero-order chi connectivity index (χ0) is 12.5. The summed E-state index contributed by atoms with van der Waals surface area (Å²) in [7, 11) is 0. The van der Waals surface area contributed by atoms with Gasteiger partial charge < -0.3 is 15.5 Å². The molecule has 5 heteroatoms. The van der Waals surface area contributed by atoms with E-state index < -0.39 is 23.3 Å². The Kier molecular flexibility index (Phi) is 3.38. The highest BCUT2D eigenvalue weighted by molar-refractivity contribution is 5.85. The monoisotopic (exact) mass is 241 g/mol. The number of carbonyl (C=O) groups is 2. The molecule has 0 heterocycles. The number of aliphatic carboxylic acids is 1. The van der Waals surface area contributed by atoms with Crippen molar-refractivity contribution in [3.05, 3.63) is 0 Å². The molecule has 2 aliphatic carbocycles. The molecule has 2 atom stereocenters. The molecule has 0 bridgehead atoms. The molecule has 1 amide bonds. The van der Waals surface area contributed by atoms with Crippen LogP contribution >= 0.6 is 0 Å². The van der Waals surface area contributed by atoms with Gasteiger partial charge in [0.2, 0.25) is 5.91 Å². The second-order valence-corrected chi connectivity index (χ2v) is 5.26. The number of carboxylic acids is 1. The van der Waals surface area contributed by atoms with Crippen LogP contribution in [0.3, 0.4) is 0 Å². The standard InChI is InChI=1S/C12H19NO4/c14-7-12(5-2-6-12)13-10(15)8-3-1-4-9(8)11(16)17/h8-9,14H,1-7H2,(H,13,15)(H,16,17)/t8-,9+/m1/s1. The van der Waals surface area contributed by atoms with Crippen molar-refractivity contribution in [3.8, 4) is 0 Å². The van der Waals surface area contributed by atoms with Gasteiger partial charge >= 0.3 is 5.97 Å². The van der Waals surface area contributed by atoms with Crippen LogP contribution < -0.4 is 5.32 Å². The first kappa shape index (κ1) is 12.4. The van der Waals surface area contributed by atoms with Gasteiger partial charge in [0.25, 0.3) is 0 Å². The molecule has 0 aromatic rings. The minimum Gasteiger partial charge on any atom is -0.481 e. The van der Waals surface area contributed by atoms with E-state index in [0.717, 1.165) is 25.7 Å². The van der Waals surface area contributed by atoms with Gasteiger partial charge in [-0.2, -0.15) is 0 Å². The van der Waals surface area contributed by atoms with Crippen LogP contribution in [-0.4, -0.2) is 34.2 Å². The lowest BCUT2D eigenvalue weighted by Gasteiger charge is -2.41. The van der Waals surface area contributed by atoms with Crippen molar-refractivity contribution < 1.29 is 19.8 Å². The van der Waals surface area contributed by atoms with Crippen molar-refractivity contribution in [1.29, 1.82) is 0 Å². The topological polar surface area (TPSA) is 86.6 Å². The number of rotatable bonds is 4. The van der Waals surface area contributed by atoms with Crippen LogP contribution in [0.5, 0.6) is 0 Å². The molecule has 96 valence electrons. The first-order valence-electron chi connectivity index (χ1n) is 6.24. The number of carbonyl (C=O) groups excluding carboxylic acids is 1. The van der Waals surface area contributed by atoms with Crippen LogP contribution in [0, 0.1) is 11.8 Å². The molecule has 0 saturated heterocycles. The third-order valence-corrected chi connectivity index (χ3v) is 4.17. The lowest BCUT2D eigenvalue weighted by molar-refractivity contribution is -0.147. The minimum absolute atomic E-state index is 0.0524. The number of aliphatic hydroxyl groups excluding tert-OH is 1. The predicted octanol–water partition coefficient (Wildman–Crippen LogP) is 0.518. The average molecular weight is 241 g/mol. The summed E-state index contributed by atoms with van der Waals surface area (Å²) in [6.45, 7) is -0.0524. The summed E-state index contributed by atoms with van der Waals surface area (Å²) in [5.41, 5.74) is -0.470. The Hall–Kier alpha value is -1.10. The molecule has 3 N–H and O–H groups in total. The van der Waals surface area contributed by atoms with Gasteiger partial charge in [-0.05, 0) is 32.1 Å². The van der Waals surface area contributed by atoms with E-state index in [0.29, 0.717) is 12.8 Å². The van der Waals surface area contributed by atoms with Gasteiger partial charge in [-0.3, -0.25) is 9.59 Å². The average Bonchev–Trinajstić information content (AvgIpc) is 2.72. The van der Waals surface area contributed by atoms with E-state index in [1.807, 2.05) is 0 Å². The molecule has 2 aliphatic rings. The predicted molar refractivity (Wildman–Crippen MR) is 60.3 cm³/mol. The van der Waals surface area contributed by atoms with Crippen molar-refractivity contribution in [2.45, 2.75) is 44.1 Å². The summed E-state index contributed by atoms with van der Waals surface area (Å²) >= 11 is 0. The molecule has 0 aromatic carbocycles. The summed E-state index contributed by atoms with van der Waals surface area (Å²) < 4.78 is 0. The zero-order valence-electron chi connectivity index (χ0n) is 9.82. The summed E-state index contributed by atoms with van der Waals surface area (Å²) in [4.78, 5) is 23.0. The maximum absolute atomic E-state index is 12.0. The van der Waals surface area contributed by atoms with E-state index in [2.05, 4.69) is 5.32 Å². The summed E-state index contributed by atoms with van der Waals surface area (Å²) in [5, 5.41) is 21.2. The van der Waals surface area contributed by atoms with Gasteiger partial charge in [-0.15, -0.1) is 0 Å². The van der Waals surface area contributed by atoms with Crippen LogP contribution in [0.2, 0.25) is 0 Å². The van der Waals surface area contributed by atoms with Gasteiger partial charge in [0.15, 0.2) is 0 Å². The van der Waals surface area contributed by atoms with E-state index in [4.69, 9.17) is 5.11 Å². The second kappa shape index (κ2) is 4.64. The van der Waals surface area contributed by atoms with Crippen LogP contribution in [0.25, 0.3) is 0 Å². The van der Waals surface area contributed by atoms with Crippen molar-refractivity contribution in [2.75, 3.05) is 6.61 Å². The molecule has 0 radical (unpaired) electrons. The molecule has 2 fully saturated rings. The van der Waals surface area contributed by atoms with Crippen molar-refractivity contribution in [2.24, 2.45) is 11.8 Å². The molecule has 0 spiro atoms. The van der Waals surface area contributed by atoms with E-state index in [9.17, 15) is 14.7 Å². The number of hydrogen-bond acceptors (Lipinski definition) is 3. The van der Waals surface area contributed by atoms with Crippen LogP contribution in [0.15, 0.2) is 0 Å². The third-order valence-electron chi connectivity index (χ3n) is 4.17.